The molecule has 1 aromatic rings. The van der Waals surface area contributed by atoms with E-state index in [4.69, 9.17) is 16.3 Å². The molecular formula is C12H17ClN2O4S. The number of hydrogen-bond donors (Lipinski definition) is 1. The first-order valence-corrected chi connectivity index (χ1v) is 8.09. The zero-order valence-electron chi connectivity index (χ0n) is 11.3. The molecule has 20 heavy (non-hydrogen) atoms. The molecule has 1 aliphatic heterocycles. The van der Waals surface area contributed by atoms with Crippen LogP contribution in [0.5, 0.6) is 0 Å². The van der Waals surface area contributed by atoms with Gasteiger partial charge >= 0.3 is 0 Å². The molecule has 0 aromatic carbocycles. The maximum absolute atomic E-state index is 12.5. The van der Waals surface area contributed by atoms with E-state index in [9.17, 15) is 13.2 Å². The third kappa shape index (κ3) is 2.90. The summed E-state index contributed by atoms with van der Waals surface area (Å²) in [4.78, 5) is 13.5. The van der Waals surface area contributed by atoms with Crippen molar-refractivity contribution in [3.8, 4) is 0 Å². The lowest BCUT2D eigenvalue weighted by molar-refractivity contribution is 0.0184. The van der Waals surface area contributed by atoms with Crippen LogP contribution in [0.3, 0.4) is 0 Å². The molecule has 2 atom stereocenters. The molecule has 2 rings (SSSR count). The van der Waals surface area contributed by atoms with Crippen molar-refractivity contribution in [2.75, 3.05) is 20.2 Å². The van der Waals surface area contributed by atoms with Gasteiger partial charge in [-0.1, -0.05) is 18.5 Å². The molecule has 0 saturated carbocycles. The van der Waals surface area contributed by atoms with E-state index < -0.39 is 15.6 Å². The lowest BCUT2D eigenvalue weighted by atomic mass is 9.97. The largest absolute Gasteiger partial charge is 0.380 e. The van der Waals surface area contributed by atoms with Crippen molar-refractivity contribution in [1.29, 1.82) is 0 Å². The molecular weight excluding hydrogens is 304 g/mol. The van der Waals surface area contributed by atoms with Gasteiger partial charge in [0.1, 0.15) is 5.02 Å². The fraction of sp³-hybridized carbons (Fsp3) is 0.583. The Kier molecular flexibility index (Phi) is 4.53. The highest BCUT2D eigenvalue weighted by Gasteiger charge is 2.34. The number of aromatic amines is 1. The topological polar surface area (TPSA) is 79.5 Å². The molecule has 6 nitrogen and oxygen atoms in total. The second-order valence-corrected chi connectivity index (χ2v) is 7.26. The lowest BCUT2D eigenvalue weighted by Gasteiger charge is -2.35. The van der Waals surface area contributed by atoms with Crippen LogP contribution in [0, 0.1) is 5.92 Å². The number of H-pyrrole nitrogens is 1. The predicted octanol–water partition coefficient (Wildman–Crippen LogP) is 1.07. The number of nitrogens with zero attached hydrogens (tertiary/aromatic N) is 1. The van der Waals surface area contributed by atoms with Crippen molar-refractivity contribution in [2.45, 2.75) is 24.3 Å². The fourth-order valence-corrected chi connectivity index (χ4v) is 3.96. The highest BCUT2D eigenvalue weighted by molar-refractivity contribution is 7.89. The third-order valence-corrected chi connectivity index (χ3v) is 5.75. The van der Waals surface area contributed by atoms with Gasteiger partial charge in [-0.2, -0.15) is 4.31 Å². The standard InChI is InChI=1S/C12H17ClN2O4S/c1-8-3-4-15(7-11(8)19-2)20(17,18)9-5-10(13)12(16)14-6-9/h5-6,8,11H,3-4,7H2,1-2H3,(H,14,16). The number of methoxy groups -OCH3 is 1. The molecule has 8 heteroatoms. The Hall–Kier alpha value is -0.890. The molecule has 1 fully saturated rings. The molecule has 0 radical (unpaired) electrons. The van der Waals surface area contributed by atoms with Gasteiger partial charge in [0.15, 0.2) is 0 Å². The minimum Gasteiger partial charge on any atom is -0.380 e. The van der Waals surface area contributed by atoms with Crippen molar-refractivity contribution in [2.24, 2.45) is 5.92 Å². The third-order valence-electron chi connectivity index (χ3n) is 3.62. The van der Waals surface area contributed by atoms with E-state index in [1.165, 1.54) is 16.6 Å². The number of sulfonamides is 1. The number of halogens is 1. The van der Waals surface area contributed by atoms with E-state index in [1.807, 2.05) is 6.92 Å². The second-order valence-electron chi connectivity index (χ2n) is 4.92. The zero-order valence-corrected chi connectivity index (χ0v) is 12.9. The summed E-state index contributed by atoms with van der Waals surface area (Å²) >= 11 is 5.69. The number of rotatable bonds is 3. The summed E-state index contributed by atoms with van der Waals surface area (Å²) in [6.45, 7) is 2.77. The molecule has 112 valence electrons. The second kappa shape index (κ2) is 5.85. The maximum Gasteiger partial charge on any atom is 0.266 e. The quantitative estimate of drug-likeness (QED) is 0.903. The zero-order chi connectivity index (χ0) is 14.9. The molecule has 0 bridgehead atoms. The Morgan fingerprint density at radius 1 is 1.50 bits per heavy atom. The summed E-state index contributed by atoms with van der Waals surface area (Å²) in [6, 6.07) is 1.18. The van der Waals surface area contributed by atoms with Crippen LogP contribution in [-0.2, 0) is 14.8 Å². The van der Waals surface area contributed by atoms with Crippen molar-refractivity contribution in [3.63, 3.8) is 0 Å². The smallest absolute Gasteiger partial charge is 0.266 e. The highest BCUT2D eigenvalue weighted by atomic mass is 35.5. The summed E-state index contributed by atoms with van der Waals surface area (Å²) in [7, 11) is -2.09. The van der Waals surface area contributed by atoms with Crippen LogP contribution in [0.15, 0.2) is 22.0 Å². The van der Waals surface area contributed by atoms with Gasteiger partial charge in [-0.05, 0) is 18.4 Å². The van der Waals surface area contributed by atoms with Gasteiger partial charge in [-0.3, -0.25) is 4.79 Å². The molecule has 0 spiro atoms. The number of aromatic nitrogens is 1. The van der Waals surface area contributed by atoms with Gasteiger partial charge < -0.3 is 9.72 Å². The summed E-state index contributed by atoms with van der Waals surface area (Å²) in [5, 5.41) is -0.139. The van der Waals surface area contributed by atoms with E-state index in [0.29, 0.717) is 19.0 Å². The Labute approximate surface area is 122 Å². The van der Waals surface area contributed by atoms with Gasteiger partial charge in [0, 0.05) is 26.4 Å². The highest BCUT2D eigenvalue weighted by Crippen LogP contribution is 2.25. The molecule has 1 aliphatic rings. The van der Waals surface area contributed by atoms with Crippen LogP contribution in [-0.4, -0.2) is 44.0 Å². The molecule has 0 amide bonds. The molecule has 1 saturated heterocycles. The first-order valence-electron chi connectivity index (χ1n) is 6.27. The van der Waals surface area contributed by atoms with E-state index in [2.05, 4.69) is 4.98 Å². The van der Waals surface area contributed by atoms with Gasteiger partial charge in [0.25, 0.3) is 5.56 Å². The maximum atomic E-state index is 12.5. The van der Waals surface area contributed by atoms with Crippen molar-refractivity contribution >= 4 is 21.6 Å². The van der Waals surface area contributed by atoms with E-state index in [-0.39, 0.29) is 16.0 Å². The number of pyridine rings is 1. The van der Waals surface area contributed by atoms with Crippen LogP contribution in [0.2, 0.25) is 5.02 Å². The van der Waals surface area contributed by atoms with Crippen LogP contribution in [0.4, 0.5) is 0 Å². The molecule has 0 aliphatic carbocycles. The lowest BCUT2D eigenvalue weighted by Crippen LogP contribution is -2.46. The molecule has 1 N–H and O–H groups in total. The van der Waals surface area contributed by atoms with E-state index >= 15 is 0 Å². The normalized spacial score (nSPS) is 24.8. The van der Waals surface area contributed by atoms with Crippen LogP contribution in [0.25, 0.3) is 0 Å². The van der Waals surface area contributed by atoms with Crippen molar-refractivity contribution < 1.29 is 13.2 Å². The molecule has 2 heterocycles. The Morgan fingerprint density at radius 2 is 2.20 bits per heavy atom. The monoisotopic (exact) mass is 320 g/mol. The Bertz CT molecular complexity index is 643. The van der Waals surface area contributed by atoms with Crippen LogP contribution < -0.4 is 5.56 Å². The predicted molar refractivity (Wildman–Crippen MR) is 75.4 cm³/mol. The first-order chi connectivity index (χ1) is 9.36. The average Bonchev–Trinajstić information content (AvgIpc) is 2.42. The Balaban J connectivity index is 2.30. The first kappa shape index (κ1) is 15.5. The van der Waals surface area contributed by atoms with E-state index in [0.717, 1.165) is 6.42 Å². The summed E-state index contributed by atoms with van der Waals surface area (Å²) in [5.74, 6) is 0.311. The molecule has 1 aromatic heterocycles. The SMILES string of the molecule is COC1CN(S(=O)(=O)c2c[nH]c(=O)c(Cl)c2)CCC1C. The van der Waals surface area contributed by atoms with Crippen LogP contribution >= 0.6 is 11.6 Å². The summed E-state index contributed by atoms with van der Waals surface area (Å²) in [6.07, 6.45) is 1.77. The number of nitrogens with one attached hydrogen (secondary N) is 1. The van der Waals surface area contributed by atoms with Gasteiger partial charge in [-0.15, -0.1) is 0 Å². The summed E-state index contributed by atoms with van der Waals surface area (Å²) < 4.78 is 31.7. The minimum atomic E-state index is -3.67. The number of ether oxygens (including phenoxy) is 1. The van der Waals surface area contributed by atoms with Gasteiger partial charge in [0.05, 0.1) is 11.0 Å². The average molecular weight is 321 g/mol. The number of hydrogen-bond acceptors (Lipinski definition) is 4. The molecule has 2 unspecified atom stereocenters. The minimum absolute atomic E-state index is 0.00786. The van der Waals surface area contributed by atoms with Crippen LogP contribution in [0.1, 0.15) is 13.3 Å². The summed E-state index contributed by atoms with van der Waals surface area (Å²) in [5.41, 5.74) is -0.507. The fourth-order valence-electron chi connectivity index (χ4n) is 2.27. The Morgan fingerprint density at radius 3 is 2.80 bits per heavy atom. The van der Waals surface area contributed by atoms with Crippen molar-refractivity contribution in [3.05, 3.63) is 27.6 Å². The van der Waals surface area contributed by atoms with Gasteiger partial charge in [0.2, 0.25) is 10.0 Å². The van der Waals surface area contributed by atoms with Crippen molar-refractivity contribution in [1.82, 2.24) is 9.29 Å². The number of piperidine rings is 1. The van der Waals surface area contributed by atoms with Gasteiger partial charge in [-0.25, -0.2) is 8.42 Å². The van der Waals surface area contributed by atoms with E-state index in [1.54, 1.807) is 7.11 Å².